The van der Waals surface area contributed by atoms with Crippen molar-refractivity contribution >= 4 is 16.9 Å². The second-order valence-electron chi connectivity index (χ2n) is 10.1. The molecule has 0 amide bonds. The van der Waals surface area contributed by atoms with E-state index in [0.29, 0.717) is 41.2 Å². The summed E-state index contributed by atoms with van der Waals surface area (Å²) in [6, 6.07) is 11.9. The van der Waals surface area contributed by atoms with Crippen LogP contribution in [0.4, 0.5) is 0 Å². The first kappa shape index (κ1) is 28.7. The molecule has 0 fully saturated rings. The lowest BCUT2D eigenvalue weighted by atomic mass is 9.92. The topological polar surface area (TPSA) is 141 Å². The Morgan fingerprint density at radius 1 is 1.00 bits per heavy atom. The first-order valence-corrected chi connectivity index (χ1v) is 13.3. The van der Waals surface area contributed by atoms with Gasteiger partial charge >= 0.3 is 5.97 Å². The Hall–Kier alpha value is -4.77. The second kappa shape index (κ2) is 12.0. The molecule has 0 bridgehead atoms. The number of aromatic hydroxyl groups is 1. The van der Waals surface area contributed by atoms with Crippen molar-refractivity contribution in [2.24, 2.45) is 0 Å². The van der Waals surface area contributed by atoms with E-state index >= 15 is 0 Å². The van der Waals surface area contributed by atoms with Gasteiger partial charge in [-0.25, -0.2) is 0 Å². The van der Waals surface area contributed by atoms with Gasteiger partial charge in [-0.1, -0.05) is 0 Å². The minimum absolute atomic E-state index is 0.140. The van der Waals surface area contributed by atoms with Crippen LogP contribution in [-0.2, 0) is 29.0 Å². The van der Waals surface area contributed by atoms with Gasteiger partial charge in [-0.3, -0.25) is 19.3 Å². The number of hydrogen-bond acceptors (Lipinski definition) is 10. The highest BCUT2D eigenvalue weighted by Crippen LogP contribution is 2.35. The molecular formula is C31H32N2O9. The molecule has 11 heteroatoms. The summed E-state index contributed by atoms with van der Waals surface area (Å²) >= 11 is 0. The maximum atomic E-state index is 13.3. The van der Waals surface area contributed by atoms with Gasteiger partial charge in [-0.15, -0.1) is 0 Å². The molecule has 1 aliphatic heterocycles. The van der Waals surface area contributed by atoms with E-state index in [1.165, 1.54) is 20.3 Å². The number of esters is 1. The molecule has 220 valence electrons. The lowest BCUT2D eigenvalue weighted by molar-refractivity contribution is -0.140. The van der Waals surface area contributed by atoms with Crippen LogP contribution >= 0.6 is 0 Å². The second-order valence-corrected chi connectivity index (χ2v) is 10.1. The van der Waals surface area contributed by atoms with Crippen molar-refractivity contribution in [3.05, 3.63) is 91.3 Å². The Bertz CT molecular complexity index is 1760. The molecule has 11 nitrogen and oxygen atoms in total. The molecule has 42 heavy (non-hydrogen) atoms. The number of carbonyl (C=O) groups is 1. The molecule has 5 rings (SSSR count). The van der Waals surface area contributed by atoms with Crippen LogP contribution < -0.4 is 25.2 Å². The van der Waals surface area contributed by atoms with E-state index in [0.717, 1.165) is 17.5 Å². The molecule has 2 N–H and O–H groups in total. The number of H-pyrrole nitrogens is 1. The van der Waals surface area contributed by atoms with Crippen molar-refractivity contribution in [1.82, 2.24) is 9.88 Å². The van der Waals surface area contributed by atoms with E-state index in [4.69, 9.17) is 23.4 Å². The van der Waals surface area contributed by atoms with Gasteiger partial charge in [0, 0.05) is 30.8 Å². The highest BCUT2D eigenvalue weighted by Gasteiger charge is 2.30. The third-order valence-electron chi connectivity index (χ3n) is 7.55. The molecule has 0 saturated heterocycles. The number of carbonyl (C=O) groups excluding carboxylic acids is 1. The molecule has 2 aromatic carbocycles. The number of benzene rings is 2. The Morgan fingerprint density at radius 2 is 1.74 bits per heavy atom. The quantitative estimate of drug-likeness (QED) is 0.285. The smallest absolute Gasteiger partial charge is 0.306 e. The zero-order valence-corrected chi connectivity index (χ0v) is 23.8. The van der Waals surface area contributed by atoms with Crippen LogP contribution in [0.25, 0.3) is 10.9 Å². The molecule has 0 spiro atoms. The summed E-state index contributed by atoms with van der Waals surface area (Å²) in [4.78, 5) is 43.5. The van der Waals surface area contributed by atoms with E-state index < -0.39 is 28.6 Å². The summed E-state index contributed by atoms with van der Waals surface area (Å²) < 4.78 is 27.1. The number of fused-ring (bicyclic) bond motifs is 2. The van der Waals surface area contributed by atoms with Crippen molar-refractivity contribution in [2.45, 2.75) is 31.8 Å². The van der Waals surface area contributed by atoms with Crippen molar-refractivity contribution in [2.75, 3.05) is 35.0 Å². The SMILES string of the molecule is COC(=O)C[C@@H](c1oc(CN2CCc3cc(OC)c(OC)cc3C2)cc(=O)c1O)c1cc2ccc(OC)cc2[nH]c1=O. The zero-order chi connectivity index (χ0) is 30.0. The van der Waals surface area contributed by atoms with Crippen LogP contribution in [0, 0.1) is 0 Å². The monoisotopic (exact) mass is 576 g/mol. The number of aromatic amines is 1. The molecule has 0 aliphatic carbocycles. The molecular weight excluding hydrogens is 544 g/mol. The molecule has 2 aromatic heterocycles. The van der Waals surface area contributed by atoms with E-state index in [1.807, 2.05) is 12.1 Å². The number of ether oxygens (including phenoxy) is 4. The third kappa shape index (κ3) is 5.68. The van der Waals surface area contributed by atoms with Crippen LogP contribution in [-0.4, -0.2) is 55.9 Å². The fourth-order valence-corrected chi connectivity index (χ4v) is 5.34. The van der Waals surface area contributed by atoms with Crippen LogP contribution in [0.5, 0.6) is 23.0 Å². The summed E-state index contributed by atoms with van der Waals surface area (Å²) in [5.41, 5.74) is 1.69. The van der Waals surface area contributed by atoms with Crippen LogP contribution in [0.1, 0.15) is 40.5 Å². The number of aromatic nitrogens is 1. The highest BCUT2D eigenvalue weighted by molar-refractivity contribution is 5.81. The van der Waals surface area contributed by atoms with Gasteiger partial charge in [0.25, 0.3) is 5.56 Å². The minimum atomic E-state index is -1.08. The number of nitrogens with one attached hydrogen (secondary N) is 1. The summed E-state index contributed by atoms with van der Waals surface area (Å²) in [6.07, 6.45) is 0.410. The average molecular weight is 577 g/mol. The fraction of sp³-hybridized carbons (Fsp3) is 0.323. The molecule has 0 saturated carbocycles. The van der Waals surface area contributed by atoms with Crippen LogP contribution in [0.3, 0.4) is 0 Å². The maximum Gasteiger partial charge on any atom is 0.306 e. The maximum absolute atomic E-state index is 13.3. The lowest BCUT2D eigenvalue weighted by Gasteiger charge is -2.29. The standard InChI is InChI=1S/C31H32N2O9/c1-38-20-6-5-18-9-23(31(37)32-24(18)12-20)22(14-28(35)41-4)30-29(36)25(34)13-21(42-30)16-33-8-7-17-10-26(39-2)27(40-3)11-19(17)15-33/h5-6,9-13,22,36H,7-8,14-16H2,1-4H3,(H,32,37)/t22-/m1/s1. The Morgan fingerprint density at radius 3 is 2.43 bits per heavy atom. The lowest BCUT2D eigenvalue weighted by Crippen LogP contribution is -2.30. The Labute approximate surface area is 241 Å². The number of pyridine rings is 1. The van der Waals surface area contributed by atoms with E-state index in [-0.39, 0.29) is 30.0 Å². The molecule has 4 aromatic rings. The number of methoxy groups -OCH3 is 4. The fourth-order valence-electron chi connectivity index (χ4n) is 5.34. The predicted octanol–water partition coefficient (Wildman–Crippen LogP) is 3.47. The number of hydrogen-bond donors (Lipinski definition) is 2. The van der Waals surface area contributed by atoms with Gasteiger partial charge in [-0.05, 0) is 53.3 Å². The zero-order valence-electron chi connectivity index (χ0n) is 23.8. The third-order valence-corrected chi connectivity index (χ3v) is 7.55. The highest BCUT2D eigenvalue weighted by atomic mass is 16.5. The van der Waals surface area contributed by atoms with Gasteiger partial charge in [0.1, 0.15) is 11.5 Å². The normalized spacial score (nSPS) is 13.8. The minimum Gasteiger partial charge on any atom is -0.502 e. The average Bonchev–Trinajstić information content (AvgIpc) is 3.00. The van der Waals surface area contributed by atoms with Crippen molar-refractivity contribution in [3.8, 4) is 23.0 Å². The van der Waals surface area contributed by atoms with Gasteiger partial charge in [-0.2, -0.15) is 0 Å². The summed E-state index contributed by atoms with van der Waals surface area (Å²) in [5, 5.41) is 11.5. The summed E-state index contributed by atoms with van der Waals surface area (Å²) in [6.45, 7) is 1.51. The van der Waals surface area contributed by atoms with Crippen molar-refractivity contribution < 1.29 is 33.3 Å². The van der Waals surface area contributed by atoms with E-state index in [1.54, 1.807) is 38.5 Å². The van der Waals surface area contributed by atoms with Crippen LogP contribution in [0.15, 0.2) is 56.5 Å². The van der Waals surface area contributed by atoms with Gasteiger partial charge in [0.05, 0.1) is 52.8 Å². The molecule has 0 unspecified atom stereocenters. The molecule has 1 atom stereocenters. The van der Waals surface area contributed by atoms with Crippen molar-refractivity contribution in [1.29, 1.82) is 0 Å². The molecule has 3 heterocycles. The van der Waals surface area contributed by atoms with Crippen LogP contribution in [0.2, 0.25) is 0 Å². The number of nitrogens with zero attached hydrogens (tertiary/aromatic N) is 1. The Balaban J connectivity index is 1.51. The Kier molecular flexibility index (Phi) is 8.21. The first-order chi connectivity index (χ1) is 20.2. The molecule has 0 radical (unpaired) electrons. The summed E-state index contributed by atoms with van der Waals surface area (Å²) in [7, 11) is 5.93. The van der Waals surface area contributed by atoms with Gasteiger partial charge in [0.15, 0.2) is 17.3 Å². The predicted molar refractivity (Wildman–Crippen MR) is 154 cm³/mol. The van der Waals surface area contributed by atoms with E-state index in [2.05, 4.69) is 9.88 Å². The van der Waals surface area contributed by atoms with Crippen molar-refractivity contribution in [3.63, 3.8) is 0 Å². The van der Waals surface area contributed by atoms with Gasteiger partial charge in [0.2, 0.25) is 11.2 Å². The van der Waals surface area contributed by atoms with E-state index in [9.17, 15) is 19.5 Å². The molecule has 1 aliphatic rings. The summed E-state index contributed by atoms with van der Waals surface area (Å²) in [5.74, 6) is -0.426. The number of rotatable bonds is 9. The van der Waals surface area contributed by atoms with Gasteiger partial charge < -0.3 is 33.5 Å². The first-order valence-electron chi connectivity index (χ1n) is 13.3. The largest absolute Gasteiger partial charge is 0.502 e.